The van der Waals surface area contributed by atoms with Crippen molar-refractivity contribution in [1.29, 1.82) is 0 Å². The van der Waals surface area contributed by atoms with Gasteiger partial charge in [-0.3, -0.25) is 24.2 Å². The van der Waals surface area contributed by atoms with Crippen molar-refractivity contribution in [3.05, 3.63) is 126 Å². The fourth-order valence-corrected chi connectivity index (χ4v) is 6.84. The average Bonchev–Trinajstić information content (AvgIpc) is 3.49. The van der Waals surface area contributed by atoms with Crippen molar-refractivity contribution in [1.82, 2.24) is 4.98 Å². The molecule has 4 heterocycles. The number of hydrogen-bond acceptors (Lipinski definition) is 7. The zero-order chi connectivity index (χ0) is 29.0. The van der Waals surface area contributed by atoms with Gasteiger partial charge in [-0.1, -0.05) is 48.6 Å². The molecule has 7 rings (SSSR count). The number of nitrogens with one attached hydrogen (secondary N) is 1. The Labute approximate surface area is 241 Å². The molecule has 0 aliphatic carbocycles. The van der Waals surface area contributed by atoms with Gasteiger partial charge in [-0.15, -0.1) is 0 Å². The Hall–Kier alpha value is -5.37. The molecule has 1 aromatic heterocycles. The maximum absolute atomic E-state index is 14.7. The van der Waals surface area contributed by atoms with Crippen LogP contribution in [0.25, 0.3) is 6.08 Å². The third-order valence-electron chi connectivity index (χ3n) is 8.46. The van der Waals surface area contributed by atoms with E-state index >= 15 is 0 Å². The molecule has 3 aliphatic rings. The first-order chi connectivity index (χ1) is 20.4. The molecule has 42 heavy (non-hydrogen) atoms. The van der Waals surface area contributed by atoms with E-state index < -0.39 is 29.4 Å². The van der Waals surface area contributed by atoms with Crippen LogP contribution in [-0.4, -0.2) is 40.5 Å². The first-order valence-electron chi connectivity index (χ1n) is 13.6. The predicted octanol–water partition coefficient (Wildman–Crippen LogP) is 4.86. The number of carbonyl (C=O) groups is 4. The summed E-state index contributed by atoms with van der Waals surface area (Å²) in [5, 5.41) is 3.02. The lowest BCUT2D eigenvalue weighted by atomic mass is 9.64. The van der Waals surface area contributed by atoms with Gasteiger partial charge in [0.1, 0.15) is 17.2 Å². The first kappa shape index (κ1) is 25.6. The third-order valence-corrected chi connectivity index (χ3v) is 8.46. The Kier molecular flexibility index (Phi) is 5.86. The first-order valence-corrected chi connectivity index (χ1v) is 13.6. The van der Waals surface area contributed by atoms with Crippen LogP contribution in [0.3, 0.4) is 0 Å². The second-order valence-electron chi connectivity index (χ2n) is 10.6. The number of ether oxygens (including phenoxy) is 1. The molecule has 0 bridgehead atoms. The van der Waals surface area contributed by atoms with Crippen LogP contribution in [0, 0.1) is 5.92 Å². The Morgan fingerprint density at radius 3 is 2.31 bits per heavy atom. The lowest BCUT2D eigenvalue weighted by Crippen LogP contribution is -2.51. The number of fused-ring (bicyclic) bond motifs is 6. The SMILES string of the molecule is CC(=O)Oc1ccc(C(=O)[C@@H]2[C@H](C(=O)c3ccncc3)[C@]3(C(=O)Nc4ccccc43)[C@@H]3C=Cc4ccccc4N23)cc1. The molecule has 4 aromatic rings. The molecule has 1 N–H and O–H groups in total. The summed E-state index contributed by atoms with van der Waals surface area (Å²) in [4.78, 5) is 61.2. The molecule has 0 saturated carbocycles. The number of amides is 1. The predicted molar refractivity (Wildman–Crippen MR) is 156 cm³/mol. The molecule has 1 amide bonds. The quantitative estimate of drug-likeness (QED) is 0.213. The van der Waals surface area contributed by atoms with Crippen molar-refractivity contribution in [2.75, 3.05) is 10.2 Å². The number of Topliss-reactive ketones (excluding diaryl/α,β-unsaturated/α-hetero) is 2. The van der Waals surface area contributed by atoms with Crippen LogP contribution in [0.2, 0.25) is 0 Å². The summed E-state index contributed by atoms with van der Waals surface area (Å²) in [6.45, 7) is 1.30. The Bertz CT molecular complexity index is 1800. The van der Waals surface area contributed by atoms with E-state index in [0.717, 1.165) is 11.3 Å². The molecule has 3 aliphatic heterocycles. The summed E-state index contributed by atoms with van der Waals surface area (Å²) in [5.74, 6) is -2.21. The number of rotatable bonds is 5. The number of nitrogens with zero attached hydrogens (tertiary/aromatic N) is 2. The minimum Gasteiger partial charge on any atom is -0.427 e. The number of esters is 1. The van der Waals surface area contributed by atoms with E-state index in [1.165, 1.54) is 19.3 Å². The van der Waals surface area contributed by atoms with Gasteiger partial charge in [-0.05, 0) is 59.7 Å². The summed E-state index contributed by atoms with van der Waals surface area (Å²) in [7, 11) is 0. The van der Waals surface area contributed by atoms with Crippen molar-refractivity contribution in [3.8, 4) is 5.75 Å². The van der Waals surface area contributed by atoms with E-state index in [4.69, 9.17) is 4.74 Å². The van der Waals surface area contributed by atoms with Crippen molar-refractivity contribution < 1.29 is 23.9 Å². The molecule has 4 atom stereocenters. The summed E-state index contributed by atoms with van der Waals surface area (Å²) < 4.78 is 5.17. The third kappa shape index (κ3) is 3.65. The minimum absolute atomic E-state index is 0.305. The topological polar surface area (TPSA) is 106 Å². The summed E-state index contributed by atoms with van der Waals surface area (Å²) in [5.41, 5.74) is 2.27. The van der Waals surface area contributed by atoms with Crippen LogP contribution in [-0.2, 0) is 15.0 Å². The summed E-state index contributed by atoms with van der Waals surface area (Å²) in [6.07, 6.45) is 6.96. The number of pyridine rings is 1. The van der Waals surface area contributed by atoms with Gasteiger partial charge in [0, 0.05) is 41.8 Å². The van der Waals surface area contributed by atoms with Crippen LogP contribution in [0.1, 0.15) is 38.8 Å². The summed E-state index contributed by atoms with van der Waals surface area (Å²) in [6, 6.07) is 22.9. The van der Waals surface area contributed by atoms with Crippen molar-refractivity contribution in [2.45, 2.75) is 24.4 Å². The van der Waals surface area contributed by atoms with Gasteiger partial charge in [-0.2, -0.15) is 0 Å². The number of benzene rings is 3. The van der Waals surface area contributed by atoms with E-state index in [2.05, 4.69) is 10.3 Å². The number of aromatic nitrogens is 1. The zero-order valence-corrected chi connectivity index (χ0v) is 22.6. The van der Waals surface area contributed by atoms with Gasteiger partial charge in [0.05, 0.1) is 12.0 Å². The highest BCUT2D eigenvalue weighted by Crippen LogP contribution is 2.58. The standard InChI is InChI=1S/C34H25N3O5/c1-20(38)42-24-13-10-22(11-14-24)32(40)30-29(31(39)23-16-18-35-19-17-23)34(25-7-3-4-8-26(25)36-33(34)41)28-15-12-21-6-2-5-9-27(21)37(28)30/h2-19,28-30H,1H3,(H,36,41)/t28-,29+,30-,34+/m0/s1. The molecular formula is C34H25N3O5. The maximum Gasteiger partial charge on any atom is 0.308 e. The Morgan fingerprint density at radius 1 is 0.857 bits per heavy atom. The normalized spacial score (nSPS) is 23.1. The van der Waals surface area contributed by atoms with Gasteiger partial charge in [0.2, 0.25) is 5.91 Å². The lowest BCUT2D eigenvalue weighted by molar-refractivity contribution is -0.131. The molecule has 1 saturated heterocycles. The smallest absolute Gasteiger partial charge is 0.308 e. The fraction of sp³-hybridized carbons (Fsp3) is 0.147. The fourth-order valence-electron chi connectivity index (χ4n) is 6.84. The van der Waals surface area contributed by atoms with Gasteiger partial charge in [-0.25, -0.2) is 0 Å². The van der Waals surface area contributed by atoms with Gasteiger partial charge in [0.25, 0.3) is 0 Å². The highest BCUT2D eigenvalue weighted by Gasteiger charge is 2.70. The van der Waals surface area contributed by atoms with Crippen molar-refractivity contribution in [2.24, 2.45) is 5.92 Å². The van der Waals surface area contributed by atoms with E-state index in [1.807, 2.05) is 65.6 Å². The summed E-state index contributed by atoms with van der Waals surface area (Å²) >= 11 is 0. The highest BCUT2D eigenvalue weighted by atomic mass is 16.5. The van der Waals surface area contributed by atoms with Crippen LogP contribution < -0.4 is 15.0 Å². The molecule has 8 heteroatoms. The molecule has 8 nitrogen and oxygen atoms in total. The van der Waals surface area contributed by atoms with Crippen LogP contribution in [0.15, 0.2) is 103 Å². The minimum atomic E-state index is -1.39. The van der Waals surface area contributed by atoms with E-state index in [-0.39, 0.29) is 17.5 Å². The van der Waals surface area contributed by atoms with Crippen LogP contribution in [0.5, 0.6) is 5.75 Å². The average molecular weight is 556 g/mol. The molecule has 1 fully saturated rings. The molecule has 3 aromatic carbocycles. The number of para-hydroxylation sites is 2. The monoisotopic (exact) mass is 555 g/mol. The van der Waals surface area contributed by atoms with Crippen molar-refractivity contribution in [3.63, 3.8) is 0 Å². The zero-order valence-electron chi connectivity index (χ0n) is 22.6. The van der Waals surface area contributed by atoms with Crippen LogP contribution in [0.4, 0.5) is 11.4 Å². The largest absolute Gasteiger partial charge is 0.427 e. The maximum atomic E-state index is 14.7. The lowest BCUT2D eigenvalue weighted by Gasteiger charge is -2.37. The second-order valence-corrected chi connectivity index (χ2v) is 10.6. The van der Waals surface area contributed by atoms with E-state index in [9.17, 15) is 19.2 Å². The molecule has 1 spiro atoms. The van der Waals surface area contributed by atoms with Crippen LogP contribution >= 0.6 is 0 Å². The number of anilines is 2. The van der Waals surface area contributed by atoms with Crippen molar-refractivity contribution >= 4 is 40.9 Å². The highest BCUT2D eigenvalue weighted by molar-refractivity contribution is 6.18. The van der Waals surface area contributed by atoms with E-state index in [1.54, 1.807) is 36.4 Å². The molecule has 0 radical (unpaired) electrons. The molecular weight excluding hydrogens is 530 g/mol. The van der Waals surface area contributed by atoms with E-state index in [0.29, 0.717) is 28.1 Å². The Balaban J connectivity index is 1.48. The van der Waals surface area contributed by atoms with Gasteiger partial charge >= 0.3 is 5.97 Å². The number of ketones is 2. The van der Waals surface area contributed by atoms with Gasteiger partial charge in [0.15, 0.2) is 11.6 Å². The van der Waals surface area contributed by atoms with Gasteiger partial charge < -0.3 is 15.0 Å². The second kappa shape index (κ2) is 9.62. The Morgan fingerprint density at radius 2 is 1.55 bits per heavy atom. The number of hydrogen-bond donors (Lipinski definition) is 1. The number of carbonyl (C=O) groups excluding carboxylic acids is 4. The molecule has 0 unspecified atom stereocenters. The molecule has 206 valence electrons.